The van der Waals surface area contributed by atoms with Crippen molar-refractivity contribution in [3.63, 3.8) is 0 Å². The zero-order valence-corrected chi connectivity index (χ0v) is 11.2. The second-order valence-corrected chi connectivity index (χ2v) is 4.79. The van der Waals surface area contributed by atoms with Crippen LogP contribution in [0.3, 0.4) is 0 Å². The fourth-order valence-electron chi connectivity index (χ4n) is 2.08. The summed E-state index contributed by atoms with van der Waals surface area (Å²) in [5.74, 6) is 0.359. The lowest BCUT2D eigenvalue weighted by Gasteiger charge is -2.26. The highest BCUT2D eigenvalue weighted by Crippen LogP contribution is 2.04. The van der Waals surface area contributed by atoms with Crippen LogP contribution in [-0.4, -0.2) is 50.2 Å². The van der Waals surface area contributed by atoms with Gasteiger partial charge in [-0.3, -0.25) is 9.69 Å². The minimum atomic E-state index is 0.156. The smallest absolute Gasteiger partial charge is 0.222 e. The van der Waals surface area contributed by atoms with Crippen molar-refractivity contribution in [1.29, 1.82) is 0 Å². The minimum absolute atomic E-state index is 0.156. The van der Waals surface area contributed by atoms with Crippen molar-refractivity contribution in [2.24, 2.45) is 5.92 Å². The molecular formula is C13H26N2O2. The van der Waals surface area contributed by atoms with E-state index >= 15 is 0 Å². The topological polar surface area (TPSA) is 41.6 Å². The Bertz CT molecular complexity index is 215. The third-order valence-electron chi connectivity index (χ3n) is 3.22. The van der Waals surface area contributed by atoms with Crippen molar-refractivity contribution in [3.05, 3.63) is 0 Å². The molecule has 0 aromatic rings. The van der Waals surface area contributed by atoms with E-state index in [2.05, 4.69) is 17.1 Å². The van der Waals surface area contributed by atoms with Gasteiger partial charge in [-0.2, -0.15) is 0 Å². The quantitative estimate of drug-likeness (QED) is 0.683. The van der Waals surface area contributed by atoms with Crippen LogP contribution < -0.4 is 5.32 Å². The van der Waals surface area contributed by atoms with Gasteiger partial charge >= 0.3 is 0 Å². The van der Waals surface area contributed by atoms with Crippen LogP contribution in [0.25, 0.3) is 0 Å². The van der Waals surface area contributed by atoms with Gasteiger partial charge in [0, 0.05) is 25.6 Å². The summed E-state index contributed by atoms with van der Waals surface area (Å²) in [4.78, 5) is 14.0. The first-order valence-electron chi connectivity index (χ1n) is 6.82. The number of ether oxygens (including phenoxy) is 1. The summed E-state index contributed by atoms with van der Waals surface area (Å²) in [5, 5.41) is 3.01. The third-order valence-corrected chi connectivity index (χ3v) is 3.22. The van der Waals surface area contributed by atoms with E-state index in [1.807, 2.05) is 6.92 Å². The second-order valence-electron chi connectivity index (χ2n) is 4.79. The van der Waals surface area contributed by atoms with Gasteiger partial charge in [0.25, 0.3) is 0 Å². The molecular weight excluding hydrogens is 216 g/mol. The van der Waals surface area contributed by atoms with Crippen molar-refractivity contribution < 1.29 is 9.53 Å². The van der Waals surface area contributed by atoms with Crippen LogP contribution >= 0.6 is 0 Å². The maximum absolute atomic E-state index is 11.6. The van der Waals surface area contributed by atoms with E-state index in [-0.39, 0.29) is 11.8 Å². The fraction of sp³-hybridized carbons (Fsp3) is 0.923. The molecule has 1 amide bonds. The molecule has 0 saturated carbocycles. The molecule has 1 rings (SSSR count). The molecule has 4 nitrogen and oxygen atoms in total. The van der Waals surface area contributed by atoms with Crippen LogP contribution in [0.1, 0.15) is 33.1 Å². The van der Waals surface area contributed by atoms with Gasteiger partial charge < -0.3 is 10.1 Å². The third kappa shape index (κ3) is 6.03. The van der Waals surface area contributed by atoms with E-state index < -0.39 is 0 Å². The van der Waals surface area contributed by atoms with E-state index in [1.54, 1.807) is 0 Å². The highest BCUT2D eigenvalue weighted by atomic mass is 16.5. The van der Waals surface area contributed by atoms with Gasteiger partial charge in [-0.15, -0.1) is 0 Å². The molecule has 0 aromatic carbocycles. The van der Waals surface area contributed by atoms with Crippen molar-refractivity contribution >= 4 is 5.91 Å². The number of nitrogens with one attached hydrogen (secondary N) is 1. The molecule has 1 aliphatic rings. The first-order valence-corrected chi connectivity index (χ1v) is 6.82. The molecule has 1 N–H and O–H groups in total. The average Bonchev–Trinajstić information content (AvgIpc) is 2.36. The number of hydrogen-bond donors (Lipinski definition) is 1. The molecule has 0 aliphatic carbocycles. The highest BCUT2D eigenvalue weighted by Gasteiger charge is 2.12. The molecule has 1 aliphatic heterocycles. The lowest BCUT2D eigenvalue weighted by molar-refractivity contribution is -0.124. The van der Waals surface area contributed by atoms with Crippen LogP contribution in [0.5, 0.6) is 0 Å². The Balaban J connectivity index is 2.01. The molecule has 0 radical (unpaired) electrons. The Morgan fingerprint density at radius 2 is 2.12 bits per heavy atom. The summed E-state index contributed by atoms with van der Waals surface area (Å²) in [6.45, 7) is 9.72. The number of carbonyl (C=O) groups is 1. The second kappa shape index (κ2) is 8.48. The normalized spacial score (nSPS) is 18.9. The van der Waals surface area contributed by atoms with E-state index in [9.17, 15) is 4.79 Å². The van der Waals surface area contributed by atoms with Crippen molar-refractivity contribution in [1.82, 2.24) is 10.2 Å². The number of hydrogen-bond acceptors (Lipinski definition) is 3. The zero-order valence-electron chi connectivity index (χ0n) is 11.2. The number of carbonyl (C=O) groups excluding carboxylic acids is 1. The van der Waals surface area contributed by atoms with Gasteiger partial charge in [0.1, 0.15) is 0 Å². The maximum atomic E-state index is 11.6. The Kier molecular flexibility index (Phi) is 7.21. The molecule has 0 bridgehead atoms. The van der Waals surface area contributed by atoms with Crippen LogP contribution in [-0.2, 0) is 9.53 Å². The van der Waals surface area contributed by atoms with Crippen LogP contribution in [0.2, 0.25) is 0 Å². The molecule has 0 aromatic heterocycles. The van der Waals surface area contributed by atoms with Crippen LogP contribution in [0.15, 0.2) is 0 Å². The number of morpholine rings is 1. The first kappa shape index (κ1) is 14.5. The zero-order chi connectivity index (χ0) is 12.5. The standard InChI is InChI=1S/C13H26N2O2/c1-3-5-12(2)13(16)14-6-4-7-15-8-10-17-11-9-15/h12H,3-11H2,1-2H3,(H,14,16). The summed E-state index contributed by atoms with van der Waals surface area (Å²) in [5.41, 5.74) is 0. The van der Waals surface area contributed by atoms with Crippen LogP contribution in [0.4, 0.5) is 0 Å². The van der Waals surface area contributed by atoms with Gasteiger partial charge in [-0.1, -0.05) is 20.3 Å². The molecule has 4 heteroatoms. The van der Waals surface area contributed by atoms with Gasteiger partial charge in [0.2, 0.25) is 5.91 Å². The number of rotatable bonds is 7. The molecule has 1 saturated heterocycles. The minimum Gasteiger partial charge on any atom is -0.379 e. The summed E-state index contributed by atoms with van der Waals surface area (Å²) in [7, 11) is 0. The van der Waals surface area contributed by atoms with E-state index in [0.717, 1.165) is 58.7 Å². The predicted octanol–water partition coefficient (Wildman–Crippen LogP) is 1.26. The van der Waals surface area contributed by atoms with Gasteiger partial charge in [-0.25, -0.2) is 0 Å². The Morgan fingerprint density at radius 3 is 2.76 bits per heavy atom. The molecule has 0 spiro atoms. The lowest BCUT2D eigenvalue weighted by Crippen LogP contribution is -2.38. The average molecular weight is 242 g/mol. The molecule has 1 atom stereocenters. The van der Waals surface area contributed by atoms with Gasteiger partial charge in [0.15, 0.2) is 0 Å². The predicted molar refractivity (Wildman–Crippen MR) is 69.0 cm³/mol. The molecule has 1 fully saturated rings. The van der Waals surface area contributed by atoms with E-state index in [4.69, 9.17) is 4.74 Å². The summed E-state index contributed by atoms with van der Waals surface area (Å²) >= 11 is 0. The summed E-state index contributed by atoms with van der Waals surface area (Å²) in [6, 6.07) is 0. The highest BCUT2D eigenvalue weighted by molar-refractivity contribution is 5.78. The number of nitrogens with zero attached hydrogens (tertiary/aromatic N) is 1. The Hall–Kier alpha value is -0.610. The van der Waals surface area contributed by atoms with E-state index in [1.165, 1.54) is 0 Å². The Labute approximate surface area is 105 Å². The first-order chi connectivity index (χ1) is 8.24. The fourth-order valence-corrected chi connectivity index (χ4v) is 2.08. The monoisotopic (exact) mass is 242 g/mol. The summed E-state index contributed by atoms with van der Waals surface area (Å²) in [6.07, 6.45) is 3.09. The van der Waals surface area contributed by atoms with E-state index in [0.29, 0.717) is 0 Å². The lowest BCUT2D eigenvalue weighted by atomic mass is 10.1. The SMILES string of the molecule is CCCC(C)C(=O)NCCCN1CCOCC1. The number of amides is 1. The molecule has 100 valence electrons. The van der Waals surface area contributed by atoms with Crippen molar-refractivity contribution in [2.75, 3.05) is 39.4 Å². The Morgan fingerprint density at radius 1 is 1.41 bits per heavy atom. The van der Waals surface area contributed by atoms with Gasteiger partial charge in [-0.05, 0) is 19.4 Å². The van der Waals surface area contributed by atoms with Crippen LogP contribution in [0, 0.1) is 5.92 Å². The molecule has 1 unspecified atom stereocenters. The summed E-state index contributed by atoms with van der Waals surface area (Å²) < 4.78 is 5.29. The van der Waals surface area contributed by atoms with Crippen molar-refractivity contribution in [3.8, 4) is 0 Å². The van der Waals surface area contributed by atoms with Gasteiger partial charge in [0.05, 0.1) is 13.2 Å². The largest absolute Gasteiger partial charge is 0.379 e. The maximum Gasteiger partial charge on any atom is 0.222 e. The molecule has 17 heavy (non-hydrogen) atoms. The van der Waals surface area contributed by atoms with Crippen molar-refractivity contribution in [2.45, 2.75) is 33.1 Å². The molecule has 1 heterocycles.